The van der Waals surface area contributed by atoms with Gasteiger partial charge in [-0.2, -0.15) is 0 Å². The summed E-state index contributed by atoms with van der Waals surface area (Å²) < 4.78 is 28.4. The Morgan fingerprint density at radius 3 is 1.72 bits per heavy atom. The van der Waals surface area contributed by atoms with E-state index in [9.17, 15) is 8.78 Å². The highest BCUT2D eigenvalue weighted by molar-refractivity contribution is 5.48. The summed E-state index contributed by atoms with van der Waals surface area (Å²) in [4.78, 5) is 0. The van der Waals surface area contributed by atoms with E-state index in [-0.39, 0.29) is 5.56 Å². The molecule has 3 aromatic carbocycles. The van der Waals surface area contributed by atoms with E-state index in [1.165, 1.54) is 5.56 Å². The highest BCUT2D eigenvalue weighted by atomic mass is 19.2. The van der Waals surface area contributed by atoms with E-state index in [1.54, 1.807) is 12.1 Å². The van der Waals surface area contributed by atoms with Gasteiger partial charge in [-0.05, 0) is 67.8 Å². The summed E-state index contributed by atoms with van der Waals surface area (Å²) >= 11 is 0. The van der Waals surface area contributed by atoms with Crippen molar-refractivity contribution in [2.45, 2.75) is 33.1 Å². The molecule has 2 heteroatoms. The lowest BCUT2D eigenvalue weighted by Gasteiger charge is -2.04. The molecule has 0 atom stereocenters. The van der Waals surface area contributed by atoms with E-state index in [1.807, 2.05) is 62.4 Å². The van der Waals surface area contributed by atoms with Gasteiger partial charge in [0.15, 0.2) is 11.6 Å². The molecule has 0 amide bonds. The van der Waals surface area contributed by atoms with Gasteiger partial charge in [0.25, 0.3) is 0 Å². The predicted molar refractivity (Wildman–Crippen MR) is 115 cm³/mol. The van der Waals surface area contributed by atoms with Gasteiger partial charge in [-0.1, -0.05) is 60.8 Å². The van der Waals surface area contributed by atoms with Gasteiger partial charge in [0.2, 0.25) is 0 Å². The van der Waals surface area contributed by atoms with Gasteiger partial charge in [0.1, 0.15) is 0 Å². The van der Waals surface area contributed by atoms with Crippen molar-refractivity contribution in [3.8, 4) is 23.7 Å². The molecule has 0 saturated heterocycles. The smallest absolute Gasteiger partial charge is 0.174 e. The summed E-state index contributed by atoms with van der Waals surface area (Å²) in [5.41, 5.74) is 4.23. The van der Waals surface area contributed by atoms with E-state index in [4.69, 9.17) is 0 Å². The molecule has 0 radical (unpaired) electrons. The van der Waals surface area contributed by atoms with Crippen LogP contribution in [0.1, 0.15) is 53.1 Å². The molecule has 0 aliphatic rings. The van der Waals surface area contributed by atoms with Crippen LogP contribution in [0.4, 0.5) is 8.78 Å². The number of hydrogen-bond acceptors (Lipinski definition) is 0. The normalized spacial score (nSPS) is 9.93. The van der Waals surface area contributed by atoms with Gasteiger partial charge in [0, 0.05) is 16.7 Å². The molecular weight excluding hydrogens is 362 g/mol. The van der Waals surface area contributed by atoms with Gasteiger partial charge < -0.3 is 0 Å². The SMILES string of the molecule is CCCCc1ccc(C#Cc2ccc(C#Cc3ccc(C)cc3)cc2)c(F)c1F. The molecule has 0 nitrogen and oxygen atoms in total. The van der Waals surface area contributed by atoms with E-state index < -0.39 is 11.6 Å². The molecule has 3 aromatic rings. The molecule has 0 heterocycles. The van der Waals surface area contributed by atoms with Gasteiger partial charge in [0.05, 0.1) is 5.56 Å². The van der Waals surface area contributed by atoms with E-state index in [0.29, 0.717) is 12.0 Å². The molecule has 0 aliphatic heterocycles. The van der Waals surface area contributed by atoms with Crippen molar-refractivity contribution in [2.24, 2.45) is 0 Å². The van der Waals surface area contributed by atoms with Crippen molar-refractivity contribution < 1.29 is 8.78 Å². The molecule has 144 valence electrons. The highest BCUT2D eigenvalue weighted by Gasteiger charge is 2.11. The molecule has 0 saturated carbocycles. The third-order valence-electron chi connectivity index (χ3n) is 4.59. The number of benzene rings is 3. The lowest BCUT2D eigenvalue weighted by atomic mass is 10.0. The molecule has 3 rings (SSSR count). The third kappa shape index (κ3) is 5.56. The number of hydrogen-bond donors (Lipinski definition) is 0. The first kappa shape index (κ1) is 20.4. The van der Waals surface area contributed by atoms with Gasteiger partial charge in [-0.3, -0.25) is 0 Å². The number of rotatable bonds is 3. The minimum Gasteiger partial charge on any atom is -0.203 e. The van der Waals surface area contributed by atoms with Crippen LogP contribution in [0.3, 0.4) is 0 Å². The summed E-state index contributed by atoms with van der Waals surface area (Å²) in [5, 5.41) is 0. The van der Waals surface area contributed by atoms with Crippen LogP contribution >= 0.6 is 0 Å². The maximum Gasteiger partial charge on any atom is 0.174 e. The summed E-state index contributed by atoms with van der Waals surface area (Å²) in [6.45, 7) is 4.06. The zero-order chi connectivity index (χ0) is 20.6. The summed E-state index contributed by atoms with van der Waals surface area (Å²) in [6.07, 6.45) is 2.31. The molecule has 0 spiro atoms. The minimum absolute atomic E-state index is 0.0750. The molecular formula is C27H22F2. The van der Waals surface area contributed by atoms with Crippen molar-refractivity contribution in [1.82, 2.24) is 0 Å². The zero-order valence-electron chi connectivity index (χ0n) is 16.7. The summed E-state index contributed by atoms with van der Waals surface area (Å²) in [5.74, 6) is 10.2. The topological polar surface area (TPSA) is 0 Å². The lowest BCUT2D eigenvalue weighted by molar-refractivity contribution is 0.495. The van der Waals surface area contributed by atoms with Crippen molar-refractivity contribution >= 4 is 0 Å². The zero-order valence-corrected chi connectivity index (χ0v) is 16.7. The van der Waals surface area contributed by atoms with E-state index >= 15 is 0 Å². The Morgan fingerprint density at radius 1 is 0.655 bits per heavy atom. The second-order valence-electron chi connectivity index (χ2n) is 6.95. The Hall–Kier alpha value is -3.36. The first-order valence-corrected chi connectivity index (χ1v) is 9.74. The monoisotopic (exact) mass is 384 g/mol. The standard InChI is InChI=1S/C27H22F2/c1-3-4-5-24-18-19-25(27(29)26(24)28)17-16-23-14-12-22(13-15-23)11-10-21-8-6-20(2)7-9-21/h6-9,12-15,18-19H,3-5H2,1-2H3. The second-order valence-corrected chi connectivity index (χ2v) is 6.95. The van der Waals surface area contributed by atoms with Crippen LogP contribution < -0.4 is 0 Å². The number of aryl methyl sites for hydroxylation is 2. The Morgan fingerprint density at radius 2 is 1.17 bits per heavy atom. The summed E-state index contributed by atoms with van der Waals surface area (Å²) in [6, 6.07) is 18.6. The minimum atomic E-state index is -0.869. The quantitative estimate of drug-likeness (QED) is 0.457. The van der Waals surface area contributed by atoms with Crippen molar-refractivity contribution in [3.63, 3.8) is 0 Å². The van der Waals surface area contributed by atoms with Gasteiger partial charge in [-0.15, -0.1) is 0 Å². The van der Waals surface area contributed by atoms with Gasteiger partial charge >= 0.3 is 0 Å². The fourth-order valence-electron chi connectivity index (χ4n) is 2.80. The maximum absolute atomic E-state index is 14.2. The van der Waals surface area contributed by atoms with Crippen LogP contribution in [-0.2, 0) is 6.42 Å². The molecule has 0 unspecified atom stereocenters. The Bertz CT molecular complexity index is 1100. The number of halogens is 2. The molecule has 0 fully saturated rings. The van der Waals surface area contributed by atoms with Crippen LogP contribution in [0.5, 0.6) is 0 Å². The van der Waals surface area contributed by atoms with Crippen molar-refractivity contribution in [2.75, 3.05) is 0 Å². The highest BCUT2D eigenvalue weighted by Crippen LogP contribution is 2.18. The first-order chi connectivity index (χ1) is 14.1. The van der Waals surface area contributed by atoms with Crippen LogP contribution in [-0.4, -0.2) is 0 Å². The third-order valence-corrected chi connectivity index (χ3v) is 4.59. The number of unbranched alkanes of at least 4 members (excludes halogenated alkanes) is 1. The lowest BCUT2D eigenvalue weighted by Crippen LogP contribution is -1.97. The van der Waals surface area contributed by atoms with Crippen LogP contribution in [0.2, 0.25) is 0 Å². The second kappa shape index (κ2) is 9.72. The summed E-state index contributed by atoms with van der Waals surface area (Å²) in [7, 11) is 0. The molecule has 0 N–H and O–H groups in total. The van der Waals surface area contributed by atoms with Crippen LogP contribution in [0.15, 0.2) is 60.7 Å². The molecule has 0 bridgehead atoms. The van der Waals surface area contributed by atoms with E-state index in [2.05, 4.69) is 23.7 Å². The van der Waals surface area contributed by atoms with Gasteiger partial charge in [-0.25, -0.2) is 8.78 Å². The van der Waals surface area contributed by atoms with Crippen molar-refractivity contribution in [3.05, 3.63) is 106 Å². The first-order valence-electron chi connectivity index (χ1n) is 9.74. The molecule has 0 aliphatic carbocycles. The fourth-order valence-corrected chi connectivity index (χ4v) is 2.80. The van der Waals surface area contributed by atoms with Crippen LogP contribution in [0.25, 0.3) is 0 Å². The largest absolute Gasteiger partial charge is 0.203 e. The maximum atomic E-state index is 14.2. The molecule has 29 heavy (non-hydrogen) atoms. The predicted octanol–water partition coefficient (Wildman–Crippen LogP) is 6.42. The average molecular weight is 384 g/mol. The average Bonchev–Trinajstić information content (AvgIpc) is 2.74. The molecule has 0 aromatic heterocycles. The van der Waals surface area contributed by atoms with Crippen molar-refractivity contribution in [1.29, 1.82) is 0 Å². The fraction of sp³-hybridized carbons (Fsp3) is 0.185. The Balaban J connectivity index is 1.73. The Kier molecular flexibility index (Phi) is 6.83. The van der Waals surface area contributed by atoms with Crippen LogP contribution in [0, 0.1) is 42.2 Å². The van der Waals surface area contributed by atoms with E-state index in [0.717, 1.165) is 29.5 Å². The Labute approximate surface area is 171 Å².